The van der Waals surface area contributed by atoms with E-state index in [1.54, 1.807) is 22.7 Å². The molecule has 4 nitrogen and oxygen atoms in total. The fourth-order valence-electron chi connectivity index (χ4n) is 3.54. The van der Waals surface area contributed by atoms with Gasteiger partial charge in [0.1, 0.15) is 11.5 Å². The van der Waals surface area contributed by atoms with E-state index >= 15 is 0 Å². The van der Waals surface area contributed by atoms with Crippen molar-refractivity contribution in [2.24, 2.45) is 9.98 Å². The number of nitrogens with zero attached hydrogens (tertiary/aromatic N) is 2. The zero-order chi connectivity index (χ0) is 18.8. The molecule has 2 aliphatic rings. The predicted octanol–water partition coefficient (Wildman–Crippen LogP) is 6.52. The number of ether oxygens (including phenoxy) is 2. The molecule has 0 saturated heterocycles. The molecule has 0 radical (unpaired) electrons. The monoisotopic (exact) mass is 402 g/mol. The van der Waals surface area contributed by atoms with Gasteiger partial charge < -0.3 is 9.47 Å². The van der Waals surface area contributed by atoms with Gasteiger partial charge in [-0.2, -0.15) is 0 Å². The van der Waals surface area contributed by atoms with Gasteiger partial charge in [0.2, 0.25) is 11.8 Å². The Hall–Kier alpha value is -2.96. The van der Waals surface area contributed by atoms with Crippen molar-refractivity contribution in [1.29, 1.82) is 0 Å². The van der Waals surface area contributed by atoms with Crippen LogP contribution in [-0.4, -0.2) is 11.8 Å². The van der Waals surface area contributed by atoms with Gasteiger partial charge in [0.25, 0.3) is 0 Å². The van der Waals surface area contributed by atoms with Crippen LogP contribution in [0.3, 0.4) is 0 Å². The number of rotatable bonds is 2. The summed E-state index contributed by atoms with van der Waals surface area (Å²) in [5.74, 6) is 2.87. The highest BCUT2D eigenvalue weighted by molar-refractivity contribution is 7.14. The molecule has 0 aliphatic carbocycles. The highest BCUT2D eigenvalue weighted by Gasteiger charge is 2.26. The number of benzene rings is 2. The van der Waals surface area contributed by atoms with Crippen LogP contribution in [0.25, 0.3) is 10.8 Å². The Morgan fingerprint density at radius 3 is 1.46 bits per heavy atom. The number of hydrogen-bond donors (Lipinski definition) is 0. The maximum Gasteiger partial charge on any atom is 0.237 e. The van der Waals surface area contributed by atoms with Crippen LogP contribution in [0.1, 0.15) is 19.5 Å². The molecule has 136 valence electrons. The lowest BCUT2D eigenvalue weighted by Crippen LogP contribution is -2.14. The molecule has 0 N–H and O–H groups in total. The smallest absolute Gasteiger partial charge is 0.237 e. The Morgan fingerprint density at radius 1 is 0.607 bits per heavy atom. The average Bonchev–Trinajstić information content (AvgIpc) is 3.34. The fourth-order valence-corrected chi connectivity index (χ4v) is 5.12. The summed E-state index contributed by atoms with van der Waals surface area (Å²) in [6, 6.07) is 16.2. The van der Waals surface area contributed by atoms with Gasteiger partial charge in [0, 0.05) is 9.75 Å². The van der Waals surface area contributed by atoms with E-state index in [1.807, 2.05) is 24.3 Å². The maximum absolute atomic E-state index is 6.16. The molecule has 6 rings (SSSR count). The minimum Gasteiger partial charge on any atom is -0.437 e. The maximum atomic E-state index is 6.16. The van der Waals surface area contributed by atoms with Gasteiger partial charge in [0.15, 0.2) is 0 Å². The Labute approximate surface area is 169 Å². The van der Waals surface area contributed by atoms with Gasteiger partial charge in [-0.25, -0.2) is 9.98 Å². The number of thiophene rings is 2. The largest absolute Gasteiger partial charge is 0.437 e. The van der Waals surface area contributed by atoms with Gasteiger partial charge in [0.05, 0.1) is 31.9 Å². The first kappa shape index (κ1) is 16.0. The second-order valence-electron chi connectivity index (χ2n) is 6.77. The molecule has 4 heterocycles. The predicted molar refractivity (Wildman–Crippen MR) is 116 cm³/mol. The van der Waals surface area contributed by atoms with E-state index in [0.717, 1.165) is 43.4 Å². The lowest BCUT2D eigenvalue weighted by molar-refractivity contribution is 0.548. The summed E-state index contributed by atoms with van der Waals surface area (Å²) in [7, 11) is 0. The van der Waals surface area contributed by atoms with Crippen LogP contribution >= 0.6 is 22.7 Å². The molecule has 2 aromatic heterocycles. The molecule has 0 unspecified atom stereocenters. The van der Waals surface area contributed by atoms with Crippen LogP contribution in [0.4, 0.5) is 11.4 Å². The van der Waals surface area contributed by atoms with Crippen molar-refractivity contribution in [1.82, 2.24) is 0 Å². The molecule has 2 aliphatic heterocycles. The van der Waals surface area contributed by atoms with Crippen LogP contribution in [0, 0.1) is 13.8 Å². The fraction of sp³-hybridized carbons (Fsp3) is 0.0909. The SMILES string of the molecule is Cc1ccc(C2=Nc3ccc4c5c(ccc(c35)O2)N=C(c2ccc(C)s2)O4)s1. The summed E-state index contributed by atoms with van der Waals surface area (Å²) < 4.78 is 12.3. The van der Waals surface area contributed by atoms with E-state index in [4.69, 9.17) is 19.5 Å². The minimum absolute atomic E-state index is 0.642. The molecule has 0 bridgehead atoms. The molecule has 6 heteroatoms. The molecule has 0 amide bonds. The van der Waals surface area contributed by atoms with Crippen molar-refractivity contribution in [3.8, 4) is 11.5 Å². The van der Waals surface area contributed by atoms with E-state index in [9.17, 15) is 0 Å². The number of hydrogen-bond acceptors (Lipinski definition) is 6. The highest BCUT2D eigenvalue weighted by Crippen LogP contribution is 2.48. The van der Waals surface area contributed by atoms with E-state index < -0.39 is 0 Å². The molecule has 2 aromatic carbocycles. The van der Waals surface area contributed by atoms with E-state index in [2.05, 4.69) is 38.1 Å². The van der Waals surface area contributed by atoms with Gasteiger partial charge >= 0.3 is 0 Å². The van der Waals surface area contributed by atoms with Crippen molar-refractivity contribution in [2.45, 2.75) is 13.8 Å². The quantitative estimate of drug-likeness (QED) is 0.383. The van der Waals surface area contributed by atoms with Crippen molar-refractivity contribution in [3.63, 3.8) is 0 Å². The summed E-state index contributed by atoms with van der Waals surface area (Å²) in [4.78, 5) is 14.1. The van der Waals surface area contributed by atoms with Crippen molar-refractivity contribution >= 4 is 56.6 Å². The molecular weight excluding hydrogens is 388 g/mol. The van der Waals surface area contributed by atoms with Crippen molar-refractivity contribution < 1.29 is 9.47 Å². The van der Waals surface area contributed by atoms with Gasteiger partial charge in [-0.15, -0.1) is 22.7 Å². The third kappa shape index (κ3) is 2.35. The first-order valence-corrected chi connectivity index (χ1v) is 10.6. The summed E-state index contributed by atoms with van der Waals surface area (Å²) in [5.41, 5.74) is 1.77. The lowest BCUT2D eigenvalue weighted by Gasteiger charge is -2.22. The average molecular weight is 403 g/mol. The molecule has 0 fully saturated rings. The topological polar surface area (TPSA) is 43.2 Å². The van der Waals surface area contributed by atoms with Crippen LogP contribution in [-0.2, 0) is 0 Å². The number of aliphatic imine (C=N–C) groups is 2. The van der Waals surface area contributed by atoms with Crippen LogP contribution in [0.5, 0.6) is 11.5 Å². The van der Waals surface area contributed by atoms with Crippen molar-refractivity contribution in [2.75, 3.05) is 0 Å². The number of aryl methyl sites for hydroxylation is 2. The Balaban J connectivity index is 1.53. The highest BCUT2D eigenvalue weighted by atomic mass is 32.1. The third-order valence-electron chi connectivity index (χ3n) is 4.80. The summed E-state index contributed by atoms with van der Waals surface area (Å²) in [5, 5.41) is 1.91. The molecule has 4 aromatic rings. The molecule has 0 spiro atoms. The molecule has 28 heavy (non-hydrogen) atoms. The molecule has 0 saturated carbocycles. The summed E-state index contributed by atoms with van der Waals surface area (Å²) in [6.45, 7) is 4.16. The molecule has 0 atom stereocenters. The first-order chi connectivity index (χ1) is 13.7. The standard InChI is InChI=1S/C22H14N2O2S2/c1-11-3-9-17(27-11)21-23-13-5-8-16-20-14(6-7-15(25-21)19(13)20)24-22(26-16)18-10-4-12(2)28-18/h3-10H,1-2H3. The Bertz CT molecular complexity index is 1240. The zero-order valence-corrected chi connectivity index (χ0v) is 16.8. The van der Waals surface area contributed by atoms with E-state index in [0.29, 0.717) is 11.8 Å². The second-order valence-corrected chi connectivity index (χ2v) is 9.35. The Kier molecular flexibility index (Phi) is 3.30. The van der Waals surface area contributed by atoms with E-state index in [-0.39, 0.29) is 0 Å². The van der Waals surface area contributed by atoms with Gasteiger partial charge in [-0.05, 0) is 62.4 Å². The van der Waals surface area contributed by atoms with Gasteiger partial charge in [-0.1, -0.05) is 0 Å². The summed E-state index contributed by atoms with van der Waals surface area (Å²) >= 11 is 3.36. The third-order valence-corrected chi connectivity index (χ3v) is 6.78. The molecular formula is C22H14N2O2S2. The van der Waals surface area contributed by atoms with Crippen LogP contribution < -0.4 is 9.47 Å². The minimum atomic E-state index is 0.642. The van der Waals surface area contributed by atoms with E-state index in [1.165, 1.54) is 9.75 Å². The van der Waals surface area contributed by atoms with Crippen LogP contribution in [0.15, 0.2) is 58.5 Å². The Morgan fingerprint density at radius 2 is 1.07 bits per heavy atom. The zero-order valence-electron chi connectivity index (χ0n) is 15.1. The lowest BCUT2D eigenvalue weighted by atomic mass is 10.0. The summed E-state index contributed by atoms with van der Waals surface area (Å²) in [6.07, 6.45) is 0. The van der Waals surface area contributed by atoms with Gasteiger partial charge in [-0.3, -0.25) is 0 Å². The second kappa shape index (κ2) is 5.77. The van der Waals surface area contributed by atoms with Crippen LogP contribution in [0.2, 0.25) is 0 Å². The normalized spacial score (nSPS) is 14.4. The van der Waals surface area contributed by atoms with Crippen molar-refractivity contribution in [3.05, 3.63) is 68.0 Å². The first-order valence-electron chi connectivity index (χ1n) is 8.92.